The number of esters is 1. The summed E-state index contributed by atoms with van der Waals surface area (Å²) in [4.78, 5) is 60.9. The second-order valence-electron chi connectivity index (χ2n) is 6.90. The van der Waals surface area contributed by atoms with E-state index in [-0.39, 0.29) is 48.1 Å². The lowest BCUT2D eigenvalue weighted by molar-refractivity contribution is -0.134. The van der Waals surface area contributed by atoms with Crippen molar-refractivity contribution in [3.8, 4) is 5.75 Å². The molecule has 4 rings (SSSR count). The number of hydrogen-bond donors (Lipinski definition) is 1. The van der Waals surface area contributed by atoms with Crippen molar-refractivity contribution in [2.75, 3.05) is 6.54 Å². The van der Waals surface area contributed by atoms with Gasteiger partial charge in [0.25, 0.3) is 17.7 Å². The van der Waals surface area contributed by atoms with Crippen molar-refractivity contribution in [2.24, 2.45) is 5.73 Å². The molecule has 1 aromatic heterocycles. The fraction of sp³-hybridized carbons (Fsp3) is 0.136. The molecule has 3 aromatic rings. The summed E-state index contributed by atoms with van der Waals surface area (Å²) in [6.07, 6.45) is 0.199. The number of nitrogens with two attached hydrogens (primary N) is 1. The van der Waals surface area contributed by atoms with Gasteiger partial charge in [-0.1, -0.05) is 12.1 Å². The van der Waals surface area contributed by atoms with Crippen LogP contribution in [0.5, 0.6) is 5.75 Å². The van der Waals surface area contributed by atoms with E-state index in [1.807, 2.05) is 0 Å². The Morgan fingerprint density at radius 2 is 1.65 bits per heavy atom. The number of benzene rings is 2. The van der Waals surface area contributed by atoms with Crippen molar-refractivity contribution in [1.82, 2.24) is 4.90 Å². The zero-order chi connectivity index (χ0) is 22.1. The molecule has 156 valence electrons. The molecule has 3 amide bonds. The predicted octanol–water partition coefficient (Wildman–Crippen LogP) is 1.87. The SMILES string of the molecule is NC(=O)c1cc2ccc(OC(=O)CCCN3C(=O)c4ccccc4C3=O)cc2oc1=O. The van der Waals surface area contributed by atoms with E-state index in [1.165, 1.54) is 24.3 Å². The number of nitrogens with zero attached hydrogens (tertiary/aromatic N) is 1. The van der Waals surface area contributed by atoms with Crippen LogP contribution < -0.4 is 16.1 Å². The van der Waals surface area contributed by atoms with Crippen LogP contribution in [0.4, 0.5) is 0 Å². The van der Waals surface area contributed by atoms with Gasteiger partial charge in [0.1, 0.15) is 16.9 Å². The fourth-order valence-corrected chi connectivity index (χ4v) is 3.33. The molecule has 31 heavy (non-hydrogen) atoms. The molecule has 0 bridgehead atoms. The number of primary amides is 1. The molecule has 1 aliphatic rings. The Morgan fingerprint density at radius 3 is 2.29 bits per heavy atom. The average molecular weight is 420 g/mol. The van der Waals surface area contributed by atoms with Gasteiger partial charge >= 0.3 is 11.6 Å². The van der Waals surface area contributed by atoms with Crippen LogP contribution in [0.3, 0.4) is 0 Å². The first-order valence-electron chi connectivity index (χ1n) is 9.39. The highest BCUT2D eigenvalue weighted by molar-refractivity contribution is 6.21. The molecule has 0 radical (unpaired) electrons. The van der Waals surface area contributed by atoms with Gasteiger partial charge in [0, 0.05) is 24.4 Å². The van der Waals surface area contributed by atoms with Crippen molar-refractivity contribution in [1.29, 1.82) is 0 Å². The monoisotopic (exact) mass is 420 g/mol. The minimum Gasteiger partial charge on any atom is -0.426 e. The maximum Gasteiger partial charge on any atom is 0.349 e. The lowest BCUT2D eigenvalue weighted by Crippen LogP contribution is -2.31. The van der Waals surface area contributed by atoms with Crippen LogP contribution in [0.1, 0.15) is 43.9 Å². The molecule has 0 saturated heterocycles. The van der Waals surface area contributed by atoms with Gasteiger partial charge < -0.3 is 14.9 Å². The summed E-state index contributed by atoms with van der Waals surface area (Å²) in [5.41, 5.74) is 4.80. The Bertz CT molecular complexity index is 1270. The minimum absolute atomic E-state index is 0.0317. The third kappa shape index (κ3) is 3.80. The number of hydrogen-bond acceptors (Lipinski definition) is 7. The van der Waals surface area contributed by atoms with Gasteiger partial charge in [-0.05, 0) is 36.8 Å². The molecule has 0 saturated carbocycles. The van der Waals surface area contributed by atoms with E-state index in [9.17, 15) is 24.0 Å². The fourth-order valence-electron chi connectivity index (χ4n) is 3.33. The van der Waals surface area contributed by atoms with Crippen LogP contribution >= 0.6 is 0 Å². The summed E-state index contributed by atoms with van der Waals surface area (Å²) in [5, 5.41) is 0.443. The quantitative estimate of drug-likeness (QED) is 0.278. The van der Waals surface area contributed by atoms with Crippen molar-refractivity contribution < 1.29 is 28.3 Å². The standard InChI is InChI=1S/C22H16N2O7/c23-19(26)16-10-12-7-8-13(11-17(12)31-22(16)29)30-18(25)6-3-9-24-20(27)14-4-1-2-5-15(14)21(24)28/h1-2,4-5,7-8,10-11H,3,6,9H2,(H2,23,26). The molecule has 0 atom stereocenters. The topological polar surface area (TPSA) is 137 Å². The first-order chi connectivity index (χ1) is 14.8. The van der Waals surface area contributed by atoms with Crippen LogP contribution in [0.2, 0.25) is 0 Å². The van der Waals surface area contributed by atoms with Crippen LogP contribution in [-0.2, 0) is 4.79 Å². The lowest BCUT2D eigenvalue weighted by atomic mass is 10.1. The molecule has 0 spiro atoms. The Kier molecular flexibility index (Phi) is 5.08. The van der Waals surface area contributed by atoms with Crippen molar-refractivity contribution in [2.45, 2.75) is 12.8 Å². The summed E-state index contributed by atoms with van der Waals surface area (Å²) in [6.45, 7) is 0.0872. The Balaban J connectivity index is 1.37. The van der Waals surface area contributed by atoms with Crippen LogP contribution in [-0.4, -0.2) is 35.1 Å². The van der Waals surface area contributed by atoms with Gasteiger partial charge in [0.15, 0.2) is 0 Å². The first-order valence-corrected chi connectivity index (χ1v) is 9.39. The number of amides is 3. The van der Waals surface area contributed by atoms with Gasteiger partial charge in [0.05, 0.1) is 11.1 Å². The van der Waals surface area contributed by atoms with E-state index in [0.717, 1.165) is 4.90 Å². The van der Waals surface area contributed by atoms with Crippen LogP contribution in [0.25, 0.3) is 11.0 Å². The van der Waals surface area contributed by atoms with Crippen molar-refractivity contribution in [3.05, 3.63) is 75.6 Å². The second kappa shape index (κ2) is 7.86. The van der Waals surface area contributed by atoms with E-state index in [1.54, 1.807) is 24.3 Å². The summed E-state index contributed by atoms with van der Waals surface area (Å²) in [7, 11) is 0. The molecule has 9 nitrogen and oxygen atoms in total. The number of carbonyl (C=O) groups excluding carboxylic acids is 4. The van der Waals surface area contributed by atoms with Crippen molar-refractivity contribution in [3.63, 3.8) is 0 Å². The van der Waals surface area contributed by atoms with Gasteiger partial charge in [0.2, 0.25) is 0 Å². The molecule has 2 aromatic carbocycles. The third-order valence-electron chi connectivity index (χ3n) is 4.85. The maximum absolute atomic E-state index is 12.3. The number of carbonyl (C=O) groups is 4. The van der Waals surface area contributed by atoms with Crippen LogP contribution in [0, 0.1) is 0 Å². The minimum atomic E-state index is -0.899. The maximum atomic E-state index is 12.3. The van der Waals surface area contributed by atoms with E-state index in [4.69, 9.17) is 14.9 Å². The Labute approximate surface area is 175 Å². The zero-order valence-electron chi connectivity index (χ0n) is 16.1. The molecular weight excluding hydrogens is 404 g/mol. The largest absolute Gasteiger partial charge is 0.426 e. The molecule has 0 aliphatic carbocycles. The highest BCUT2D eigenvalue weighted by atomic mass is 16.5. The summed E-state index contributed by atoms with van der Waals surface area (Å²) < 4.78 is 10.3. The predicted molar refractivity (Wildman–Crippen MR) is 108 cm³/mol. The Morgan fingerprint density at radius 1 is 0.968 bits per heavy atom. The van der Waals surface area contributed by atoms with E-state index >= 15 is 0 Å². The third-order valence-corrected chi connectivity index (χ3v) is 4.85. The van der Waals surface area contributed by atoms with Crippen LogP contribution in [0.15, 0.2) is 57.7 Å². The highest BCUT2D eigenvalue weighted by Crippen LogP contribution is 2.23. The summed E-state index contributed by atoms with van der Waals surface area (Å²) in [6, 6.07) is 12.2. The molecule has 1 aliphatic heterocycles. The Hall–Kier alpha value is -4.27. The van der Waals surface area contributed by atoms with E-state index in [2.05, 4.69) is 0 Å². The highest BCUT2D eigenvalue weighted by Gasteiger charge is 2.34. The number of imide groups is 1. The smallest absolute Gasteiger partial charge is 0.349 e. The molecule has 2 heterocycles. The van der Waals surface area contributed by atoms with Gasteiger partial charge in [-0.25, -0.2) is 4.79 Å². The lowest BCUT2D eigenvalue weighted by Gasteiger charge is -2.13. The molecule has 2 N–H and O–H groups in total. The van der Waals surface area contributed by atoms with Gasteiger partial charge in [-0.15, -0.1) is 0 Å². The average Bonchev–Trinajstić information content (AvgIpc) is 2.98. The van der Waals surface area contributed by atoms with E-state index in [0.29, 0.717) is 16.5 Å². The summed E-state index contributed by atoms with van der Waals surface area (Å²) in [5.74, 6) is -2.09. The number of rotatable bonds is 6. The van der Waals surface area contributed by atoms with Crippen molar-refractivity contribution >= 4 is 34.7 Å². The molecule has 9 heteroatoms. The normalized spacial score (nSPS) is 12.8. The second-order valence-corrected chi connectivity index (χ2v) is 6.90. The first kappa shape index (κ1) is 20.0. The van der Waals surface area contributed by atoms with E-state index < -0.39 is 17.5 Å². The number of fused-ring (bicyclic) bond motifs is 2. The van der Waals surface area contributed by atoms with Gasteiger partial charge in [-0.2, -0.15) is 0 Å². The zero-order valence-corrected chi connectivity index (χ0v) is 16.1. The molecular formula is C22H16N2O7. The molecule has 0 unspecified atom stereocenters. The van der Waals surface area contributed by atoms with Gasteiger partial charge in [-0.3, -0.25) is 24.1 Å². The summed E-state index contributed by atoms with van der Waals surface area (Å²) >= 11 is 0. The molecule has 0 fully saturated rings. The number of ether oxygens (including phenoxy) is 1.